The van der Waals surface area contributed by atoms with Crippen LogP contribution in [-0.2, 0) is 4.79 Å². The van der Waals surface area contributed by atoms with Gasteiger partial charge in [0.2, 0.25) is 0 Å². The molecule has 0 aromatic heterocycles. The van der Waals surface area contributed by atoms with Crippen molar-refractivity contribution < 1.29 is 14.3 Å². The summed E-state index contributed by atoms with van der Waals surface area (Å²) in [6.07, 6.45) is 1.61. The Hall–Kier alpha value is -1.60. The molecule has 0 bridgehead atoms. The number of benzene rings is 1. The minimum atomic E-state index is 0.136. The van der Waals surface area contributed by atoms with Crippen molar-refractivity contribution in [2.45, 2.75) is 19.8 Å². The minimum Gasteiger partial charge on any atom is -0.490 e. The highest BCUT2D eigenvalue weighted by Crippen LogP contribution is 2.30. The highest BCUT2D eigenvalue weighted by molar-refractivity contribution is 8.13. The van der Waals surface area contributed by atoms with E-state index >= 15 is 0 Å². The van der Waals surface area contributed by atoms with Gasteiger partial charge in [0.15, 0.2) is 16.6 Å². The fourth-order valence-corrected chi connectivity index (χ4v) is 2.14. The number of carbonyl (C=O) groups is 1. The van der Waals surface area contributed by atoms with Crippen molar-refractivity contribution in [2.75, 3.05) is 19.0 Å². The Morgan fingerprint density at radius 3 is 2.89 bits per heavy atom. The van der Waals surface area contributed by atoms with Gasteiger partial charge in [-0.3, -0.25) is 4.79 Å². The lowest BCUT2D eigenvalue weighted by atomic mass is 10.2. The molecule has 4 heteroatoms. The highest BCUT2D eigenvalue weighted by atomic mass is 32.2. The van der Waals surface area contributed by atoms with Gasteiger partial charge in [-0.05, 0) is 18.2 Å². The van der Waals surface area contributed by atoms with E-state index in [9.17, 15) is 4.79 Å². The standard InChI is InChI=1S/C15H16O3S/c1-12(16)19-10-3-2-5-13-6-7-14-15(11-13)18-9-4-8-17-14/h6-7,11H,3-4,8-10H2,1H3. The summed E-state index contributed by atoms with van der Waals surface area (Å²) in [7, 11) is 0. The van der Waals surface area contributed by atoms with E-state index in [0.717, 1.165) is 29.2 Å². The van der Waals surface area contributed by atoms with Crippen molar-refractivity contribution in [2.24, 2.45) is 0 Å². The highest BCUT2D eigenvalue weighted by Gasteiger charge is 2.09. The molecule has 0 fully saturated rings. The summed E-state index contributed by atoms with van der Waals surface area (Å²) in [6, 6.07) is 5.74. The van der Waals surface area contributed by atoms with Crippen LogP contribution in [0.1, 0.15) is 25.3 Å². The Kier molecular flexibility index (Phi) is 5.17. The molecule has 100 valence electrons. The van der Waals surface area contributed by atoms with Crippen LogP contribution >= 0.6 is 11.8 Å². The molecule has 0 atom stereocenters. The number of fused-ring (bicyclic) bond motifs is 1. The summed E-state index contributed by atoms with van der Waals surface area (Å²) in [6.45, 7) is 2.95. The van der Waals surface area contributed by atoms with Crippen LogP contribution in [0.15, 0.2) is 18.2 Å². The number of ether oxygens (including phenoxy) is 2. The average Bonchev–Trinajstić information content (AvgIpc) is 2.62. The summed E-state index contributed by atoms with van der Waals surface area (Å²) >= 11 is 1.31. The molecule has 0 unspecified atom stereocenters. The molecule has 0 amide bonds. The van der Waals surface area contributed by atoms with Crippen LogP contribution in [0.5, 0.6) is 11.5 Å². The Morgan fingerprint density at radius 1 is 1.32 bits per heavy atom. The van der Waals surface area contributed by atoms with Crippen LogP contribution in [0.25, 0.3) is 0 Å². The van der Waals surface area contributed by atoms with Gasteiger partial charge in [-0.1, -0.05) is 23.6 Å². The topological polar surface area (TPSA) is 35.5 Å². The van der Waals surface area contributed by atoms with Crippen LogP contribution in [0.2, 0.25) is 0 Å². The zero-order valence-corrected chi connectivity index (χ0v) is 11.7. The van der Waals surface area contributed by atoms with Crippen LogP contribution in [0.3, 0.4) is 0 Å². The molecule has 1 aliphatic rings. The molecular formula is C15H16O3S. The molecule has 19 heavy (non-hydrogen) atoms. The molecule has 0 saturated heterocycles. The molecule has 0 aliphatic carbocycles. The van der Waals surface area contributed by atoms with Gasteiger partial charge < -0.3 is 9.47 Å². The number of hydrogen-bond acceptors (Lipinski definition) is 4. The molecule has 1 heterocycles. The average molecular weight is 276 g/mol. The number of hydrogen-bond donors (Lipinski definition) is 0. The fraction of sp³-hybridized carbons (Fsp3) is 0.400. The summed E-state index contributed by atoms with van der Waals surface area (Å²) < 4.78 is 11.2. The first-order chi connectivity index (χ1) is 9.25. The molecule has 0 N–H and O–H groups in total. The van der Waals surface area contributed by atoms with E-state index < -0.39 is 0 Å². The van der Waals surface area contributed by atoms with Crippen LogP contribution in [-0.4, -0.2) is 24.1 Å². The second-order valence-corrected chi connectivity index (χ2v) is 5.38. The third kappa shape index (κ3) is 4.53. The monoisotopic (exact) mass is 276 g/mol. The third-order valence-corrected chi connectivity index (χ3v) is 3.33. The van der Waals surface area contributed by atoms with Crippen molar-refractivity contribution in [3.05, 3.63) is 23.8 Å². The lowest BCUT2D eigenvalue weighted by molar-refractivity contribution is -0.109. The summed E-state index contributed by atoms with van der Waals surface area (Å²) in [5.74, 6) is 8.44. The van der Waals surface area contributed by atoms with Crippen molar-refractivity contribution in [1.82, 2.24) is 0 Å². The van der Waals surface area contributed by atoms with E-state index in [-0.39, 0.29) is 5.12 Å². The Labute approximate surface area is 117 Å². The zero-order valence-electron chi connectivity index (χ0n) is 10.9. The van der Waals surface area contributed by atoms with Gasteiger partial charge in [-0.15, -0.1) is 0 Å². The summed E-state index contributed by atoms with van der Waals surface area (Å²) in [5.41, 5.74) is 0.914. The SMILES string of the molecule is CC(=O)SCCC#Cc1ccc2c(c1)OCCCO2. The zero-order chi connectivity index (χ0) is 13.5. The van der Waals surface area contributed by atoms with E-state index in [2.05, 4.69) is 11.8 Å². The number of thioether (sulfide) groups is 1. The Bertz CT molecular complexity index is 514. The molecule has 2 rings (SSSR count). The van der Waals surface area contributed by atoms with E-state index in [0.29, 0.717) is 19.6 Å². The van der Waals surface area contributed by atoms with Crippen molar-refractivity contribution >= 4 is 16.9 Å². The minimum absolute atomic E-state index is 0.136. The van der Waals surface area contributed by atoms with Gasteiger partial charge >= 0.3 is 0 Å². The van der Waals surface area contributed by atoms with Crippen molar-refractivity contribution in [3.63, 3.8) is 0 Å². The first-order valence-electron chi connectivity index (χ1n) is 6.27. The lowest BCUT2D eigenvalue weighted by Crippen LogP contribution is -1.97. The van der Waals surface area contributed by atoms with Gasteiger partial charge in [0.05, 0.1) is 13.2 Å². The maximum atomic E-state index is 10.8. The molecule has 1 aliphatic heterocycles. The van der Waals surface area contributed by atoms with Crippen LogP contribution < -0.4 is 9.47 Å². The maximum absolute atomic E-state index is 10.8. The molecule has 1 aromatic carbocycles. The van der Waals surface area contributed by atoms with E-state index in [1.807, 2.05) is 18.2 Å². The number of rotatable bonds is 2. The quantitative estimate of drug-likeness (QED) is 0.614. The molecule has 3 nitrogen and oxygen atoms in total. The molecule has 0 spiro atoms. The lowest BCUT2D eigenvalue weighted by Gasteiger charge is -2.06. The number of carbonyl (C=O) groups excluding carboxylic acids is 1. The van der Waals surface area contributed by atoms with E-state index in [1.165, 1.54) is 11.8 Å². The van der Waals surface area contributed by atoms with Gasteiger partial charge in [0, 0.05) is 31.1 Å². The molecule has 0 saturated carbocycles. The summed E-state index contributed by atoms with van der Waals surface area (Å²) in [4.78, 5) is 10.8. The van der Waals surface area contributed by atoms with E-state index in [1.54, 1.807) is 6.92 Å². The predicted octanol–water partition coefficient (Wildman–Crippen LogP) is 2.87. The maximum Gasteiger partial charge on any atom is 0.185 e. The van der Waals surface area contributed by atoms with Crippen molar-refractivity contribution in [1.29, 1.82) is 0 Å². The van der Waals surface area contributed by atoms with Gasteiger partial charge in [-0.2, -0.15) is 0 Å². The van der Waals surface area contributed by atoms with Gasteiger partial charge in [0.25, 0.3) is 0 Å². The molecule has 1 aromatic rings. The van der Waals surface area contributed by atoms with Crippen LogP contribution in [0, 0.1) is 11.8 Å². The molecular weight excluding hydrogens is 260 g/mol. The molecule has 0 radical (unpaired) electrons. The Morgan fingerprint density at radius 2 is 2.11 bits per heavy atom. The first kappa shape index (κ1) is 13.8. The first-order valence-corrected chi connectivity index (χ1v) is 7.26. The fourth-order valence-electron chi connectivity index (χ4n) is 1.65. The normalized spacial score (nSPS) is 13.1. The Balaban J connectivity index is 1.96. The second kappa shape index (κ2) is 7.10. The largest absolute Gasteiger partial charge is 0.490 e. The van der Waals surface area contributed by atoms with Gasteiger partial charge in [0.1, 0.15) is 0 Å². The summed E-state index contributed by atoms with van der Waals surface area (Å²) in [5, 5.41) is 0.136. The van der Waals surface area contributed by atoms with Gasteiger partial charge in [-0.25, -0.2) is 0 Å². The van der Waals surface area contributed by atoms with E-state index in [4.69, 9.17) is 9.47 Å². The van der Waals surface area contributed by atoms with Crippen LogP contribution in [0.4, 0.5) is 0 Å². The smallest absolute Gasteiger partial charge is 0.185 e. The van der Waals surface area contributed by atoms with Crippen molar-refractivity contribution in [3.8, 4) is 23.3 Å². The predicted molar refractivity (Wildman–Crippen MR) is 76.7 cm³/mol. The third-order valence-electron chi connectivity index (χ3n) is 2.51. The second-order valence-electron chi connectivity index (χ2n) is 4.10.